The Balaban J connectivity index is 2.99. The van der Waals surface area contributed by atoms with E-state index in [1.807, 2.05) is 12.1 Å². The largest absolute Gasteiger partial charge is 0.180 e. The molecular weight excluding hydrogens is 240 g/mol. The summed E-state index contributed by atoms with van der Waals surface area (Å²) in [4.78, 5) is 0. The van der Waals surface area contributed by atoms with E-state index in [9.17, 15) is 0 Å². The molecular formula is C8H10BrClSi. The molecule has 0 atom stereocenters. The van der Waals surface area contributed by atoms with Gasteiger partial charge < -0.3 is 0 Å². The third-order valence-corrected chi connectivity index (χ3v) is 4.42. The van der Waals surface area contributed by atoms with Crippen molar-refractivity contribution in [2.24, 2.45) is 0 Å². The van der Waals surface area contributed by atoms with Crippen molar-refractivity contribution in [3.8, 4) is 0 Å². The third-order valence-electron chi connectivity index (χ3n) is 1.53. The van der Waals surface area contributed by atoms with Crippen LogP contribution >= 0.6 is 27.0 Å². The monoisotopic (exact) mass is 248 g/mol. The van der Waals surface area contributed by atoms with Gasteiger partial charge in [-0.2, -0.15) is 11.1 Å². The van der Waals surface area contributed by atoms with Gasteiger partial charge in [0.05, 0.1) is 0 Å². The fraction of sp³-hybridized carbons (Fsp3) is 0.250. The van der Waals surface area contributed by atoms with Gasteiger partial charge in [-0.05, 0) is 17.3 Å². The predicted octanol–water partition coefficient (Wildman–Crippen LogP) is 3.10. The molecule has 0 saturated carbocycles. The third kappa shape index (κ3) is 2.62. The van der Waals surface area contributed by atoms with Crippen LogP contribution in [0.15, 0.2) is 28.7 Å². The van der Waals surface area contributed by atoms with Gasteiger partial charge in [0.25, 0.3) is 0 Å². The van der Waals surface area contributed by atoms with Crippen LogP contribution in [0, 0.1) is 0 Å². The topological polar surface area (TPSA) is 0 Å². The van der Waals surface area contributed by atoms with Crippen molar-refractivity contribution in [3.05, 3.63) is 28.7 Å². The standard InChI is InChI=1S/C8H10BrClSi/c1-11(2,10)8-5-3-7(9)4-6-8/h3-6H,1-2H3. The second kappa shape index (κ2) is 3.29. The maximum atomic E-state index is 6.23. The first kappa shape index (κ1) is 9.30. The molecule has 1 aromatic carbocycles. The van der Waals surface area contributed by atoms with E-state index in [1.165, 1.54) is 5.19 Å². The Morgan fingerprint density at radius 1 is 1.18 bits per heavy atom. The van der Waals surface area contributed by atoms with Gasteiger partial charge in [0.2, 0.25) is 0 Å². The van der Waals surface area contributed by atoms with E-state index >= 15 is 0 Å². The first-order valence-electron chi connectivity index (χ1n) is 3.45. The maximum absolute atomic E-state index is 6.23. The highest BCUT2D eigenvalue weighted by Gasteiger charge is 2.19. The first-order valence-corrected chi connectivity index (χ1v) is 8.25. The van der Waals surface area contributed by atoms with E-state index in [0.717, 1.165) is 4.47 Å². The summed E-state index contributed by atoms with van der Waals surface area (Å²) >= 11 is 9.62. The van der Waals surface area contributed by atoms with Crippen LogP contribution in [0.4, 0.5) is 0 Å². The van der Waals surface area contributed by atoms with Gasteiger partial charge in [0, 0.05) is 4.47 Å². The number of halogens is 2. The summed E-state index contributed by atoms with van der Waals surface area (Å²) in [6, 6.07) is 8.24. The van der Waals surface area contributed by atoms with Crippen molar-refractivity contribution in [1.82, 2.24) is 0 Å². The lowest BCUT2D eigenvalue weighted by Gasteiger charge is -2.12. The lowest BCUT2D eigenvalue weighted by atomic mass is 10.4. The number of hydrogen-bond donors (Lipinski definition) is 0. The zero-order valence-corrected chi connectivity index (χ0v) is 9.91. The SMILES string of the molecule is C[Si](C)(Cl)c1ccc(Br)cc1. The van der Waals surface area contributed by atoms with Gasteiger partial charge in [-0.1, -0.05) is 41.2 Å². The minimum atomic E-state index is -1.60. The molecule has 0 amide bonds. The summed E-state index contributed by atoms with van der Waals surface area (Å²) in [5.74, 6) is 0. The smallest absolute Gasteiger partial charge is 0.162 e. The van der Waals surface area contributed by atoms with Gasteiger partial charge in [-0.15, -0.1) is 0 Å². The molecule has 0 aliphatic rings. The van der Waals surface area contributed by atoms with E-state index in [2.05, 4.69) is 41.2 Å². The molecule has 0 nitrogen and oxygen atoms in total. The quantitative estimate of drug-likeness (QED) is 0.530. The van der Waals surface area contributed by atoms with Gasteiger partial charge in [-0.3, -0.25) is 0 Å². The summed E-state index contributed by atoms with van der Waals surface area (Å²) in [5, 5.41) is 1.28. The van der Waals surface area contributed by atoms with Crippen LogP contribution in [0.1, 0.15) is 0 Å². The maximum Gasteiger partial charge on any atom is 0.180 e. The molecule has 0 fully saturated rings. The number of hydrogen-bond acceptors (Lipinski definition) is 0. The Hall–Kier alpha value is 0.207. The van der Waals surface area contributed by atoms with E-state index in [4.69, 9.17) is 11.1 Å². The molecule has 0 spiro atoms. The molecule has 0 aliphatic carbocycles. The van der Waals surface area contributed by atoms with Crippen LogP contribution in [0.5, 0.6) is 0 Å². The lowest BCUT2D eigenvalue weighted by Crippen LogP contribution is -2.34. The van der Waals surface area contributed by atoms with E-state index < -0.39 is 7.38 Å². The Morgan fingerprint density at radius 3 is 2.00 bits per heavy atom. The summed E-state index contributed by atoms with van der Waals surface area (Å²) in [5.41, 5.74) is 0. The minimum absolute atomic E-state index is 1.11. The highest BCUT2D eigenvalue weighted by Crippen LogP contribution is 2.11. The summed E-state index contributed by atoms with van der Waals surface area (Å²) in [6.07, 6.45) is 0. The highest BCUT2D eigenvalue weighted by atomic mass is 79.9. The zero-order valence-electron chi connectivity index (χ0n) is 6.57. The summed E-state index contributed by atoms with van der Waals surface area (Å²) in [6.45, 7) is 4.25. The molecule has 1 rings (SSSR count). The van der Waals surface area contributed by atoms with Crippen LogP contribution < -0.4 is 5.19 Å². The van der Waals surface area contributed by atoms with Crippen LogP contribution in [-0.4, -0.2) is 7.38 Å². The fourth-order valence-corrected chi connectivity index (χ4v) is 2.45. The molecule has 60 valence electrons. The molecule has 0 unspecified atom stereocenters. The van der Waals surface area contributed by atoms with Crippen molar-refractivity contribution in [3.63, 3.8) is 0 Å². The molecule has 0 saturated heterocycles. The van der Waals surface area contributed by atoms with Gasteiger partial charge in [0.1, 0.15) is 0 Å². The van der Waals surface area contributed by atoms with Crippen LogP contribution in [0.25, 0.3) is 0 Å². The Bertz CT molecular complexity index is 237. The Morgan fingerprint density at radius 2 is 1.64 bits per heavy atom. The number of rotatable bonds is 1. The van der Waals surface area contributed by atoms with Gasteiger partial charge in [0.15, 0.2) is 7.38 Å². The molecule has 0 heterocycles. The van der Waals surface area contributed by atoms with Crippen molar-refractivity contribution in [2.45, 2.75) is 13.1 Å². The van der Waals surface area contributed by atoms with E-state index in [1.54, 1.807) is 0 Å². The van der Waals surface area contributed by atoms with Gasteiger partial charge >= 0.3 is 0 Å². The Kier molecular flexibility index (Phi) is 2.78. The van der Waals surface area contributed by atoms with Crippen molar-refractivity contribution in [2.75, 3.05) is 0 Å². The minimum Gasteiger partial charge on any atom is -0.162 e. The number of benzene rings is 1. The Labute approximate surface area is 81.4 Å². The fourth-order valence-electron chi connectivity index (χ4n) is 0.846. The van der Waals surface area contributed by atoms with Crippen LogP contribution in [0.3, 0.4) is 0 Å². The highest BCUT2D eigenvalue weighted by molar-refractivity contribution is 9.10. The second-order valence-electron chi connectivity index (χ2n) is 2.98. The van der Waals surface area contributed by atoms with Crippen LogP contribution in [0.2, 0.25) is 13.1 Å². The zero-order chi connectivity index (χ0) is 8.48. The summed E-state index contributed by atoms with van der Waals surface area (Å²) < 4.78 is 1.11. The average molecular weight is 250 g/mol. The van der Waals surface area contributed by atoms with Crippen molar-refractivity contribution in [1.29, 1.82) is 0 Å². The molecule has 0 bridgehead atoms. The molecule has 0 aromatic heterocycles. The lowest BCUT2D eigenvalue weighted by molar-refractivity contribution is 1.67. The van der Waals surface area contributed by atoms with Crippen molar-refractivity contribution < 1.29 is 0 Å². The molecule has 0 N–H and O–H groups in total. The summed E-state index contributed by atoms with van der Waals surface area (Å²) in [7, 11) is -1.60. The molecule has 0 aliphatic heterocycles. The first-order chi connectivity index (χ1) is 5.00. The average Bonchev–Trinajstić information content (AvgIpc) is 1.86. The normalized spacial score (nSPS) is 11.6. The molecule has 1 aromatic rings. The van der Waals surface area contributed by atoms with Crippen LogP contribution in [-0.2, 0) is 0 Å². The second-order valence-corrected chi connectivity index (χ2v) is 10.3. The predicted molar refractivity (Wildman–Crippen MR) is 57.1 cm³/mol. The van der Waals surface area contributed by atoms with E-state index in [0.29, 0.717) is 0 Å². The van der Waals surface area contributed by atoms with E-state index in [-0.39, 0.29) is 0 Å². The molecule has 0 radical (unpaired) electrons. The molecule has 3 heteroatoms. The molecule has 11 heavy (non-hydrogen) atoms. The van der Waals surface area contributed by atoms with Crippen molar-refractivity contribution >= 4 is 39.6 Å². The van der Waals surface area contributed by atoms with Gasteiger partial charge in [-0.25, -0.2) is 0 Å².